The lowest BCUT2D eigenvalue weighted by Gasteiger charge is -2.19. The molecule has 1 amide bonds. The van der Waals surface area contributed by atoms with Crippen molar-refractivity contribution in [2.45, 2.75) is 89.5 Å². The van der Waals surface area contributed by atoms with Gasteiger partial charge >= 0.3 is 5.97 Å². The first kappa shape index (κ1) is 18.0. The van der Waals surface area contributed by atoms with Crippen molar-refractivity contribution < 1.29 is 14.3 Å². The number of carbonyl (C=O) groups is 2. The Labute approximate surface area is 129 Å². The summed E-state index contributed by atoms with van der Waals surface area (Å²) in [6.45, 7) is 0. The van der Waals surface area contributed by atoms with Crippen LogP contribution in [0.4, 0.5) is 0 Å². The molecule has 122 valence electrons. The lowest BCUT2D eigenvalue weighted by molar-refractivity contribution is -0.142. The van der Waals surface area contributed by atoms with Gasteiger partial charge in [0, 0.05) is 12.5 Å². The number of amides is 1. The zero-order valence-electron chi connectivity index (χ0n) is 13.5. The first-order valence-corrected chi connectivity index (χ1v) is 8.58. The zero-order chi connectivity index (χ0) is 15.3. The van der Waals surface area contributed by atoms with E-state index < -0.39 is 0 Å². The molecule has 0 radical (unpaired) electrons. The molecule has 1 N–H and O–H groups in total. The van der Waals surface area contributed by atoms with Crippen LogP contribution >= 0.6 is 0 Å². The molecule has 0 aromatic heterocycles. The molecule has 0 unspecified atom stereocenters. The molecule has 0 heterocycles. The van der Waals surface area contributed by atoms with Crippen molar-refractivity contribution in [1.29, 1.82) is 0 Å². The SMILES string of the molecule is COC(=O)CCC(=O)NC1CCCCCCCCCCC1. The van der Waals surface area contributed by atoms with Crippen molar-refractivity contribution in [3.63, 3.8) is 0 Å². The monoisotopic (exact) mass is 297 g/mol. The Morgan fingerprint density at radius 1 is 0.857 bits per heavy atom. The lowest BCUT2D eigenvalue weighted by atomic mass is 9.98. The number of carbonyl (C=O) groups excluding carboxylic acids is 2. The Morgan fingerprint density at radius 3 is 1.81 bits per heavy atom. The van der Waals surface area contributed by atoms with Crippen molar-refractivity contribution in [2.24, 2.45) is 0 Å². The molecule has 1 saturated carbocycles. The summed E-state index contributed by atoms with van der Waals surface area (Å²) in [5.74, 6) is -0.332. The van der Waals surface area contributed by atoms with Gasteiger partial charge in [-0.1, -0.05) is 57.8 Å². The van der Waals surface area contributed by atoms with Gasteiger partial charge in [0.1, 0.15) is 0 Å². The zero-order valence-corrected chi connectivity index (χ0v) is 13.5. The smallest absolute Gasteiger partial charge is 0.306 e. The Balaban J connectivity index is 2.29. The van der Waals surface area contributed by atoms with Crippen LogP contribution in [0.25, 0.3) is 0 Å². The molecule has 21 heavy (non-hydrogen) atoms. The average Bonchev–Trinajstić information content (AvgIpc) is 2.47. The highest BCUT2D eigenvalue weighted by atomic mass is 16.5. The van der Waals surface area contributed by atoms with Crippen molar-refractivity contribution in [2.75, 3.05) is 7.11 Å². The normalized spacial score (nSPS) is 19.1. The van der Waals surface area contributed by atoms with Gasteiger partial charge in [-0.3, -0.25) is 9.59 Å². The number of rotatable bonds is 4. The number of ether oxygens (including phenoxy) is 1. The lowest BCUT2D eigenvalue weighted by Crippen LogP contribution is -2.35. The second kappa shape index (κ2) is 11.6. The van der Waals surface area contributed by atoms with Crippen LogP contribution in [-0.2, 0) is 14.3 Å². The highest BCUT2D eigenvalue weighted by Gasteiger charge is 2.13. The summed E-state index contributed by atoms with van der Waals surface area (Å²) in [6, 6.07) is 0.287. The molecule has 4 nitrogen and oxygen atoms in total. The Bertz CT molecular complexity index is 292. The Hall–Kier alpha value is -1.06. The van der Waals surface area contributed by atoms with E-state index >= 15 is 0 Å². The highest BCUT2D eigenvalue weighted by molar-refractivity contribution is 5.81. The molecule has 0 aliphatic heterocycles. The van der Waals surface area contributed by atoms with E-state index in [0.29, 0.717) is 0 Å². The minimum atomic E-state index is -0.316. The quantitative estimate of drug-likeness (QED) is 0.804. The number of esters is 1. The second-order valence-electron chi connectivity index (χ2n) is 6.10. The Kier molecular flexibility index (Phi) is 9.92. The molecule has 1 rings (SSSR count). The van der Waals surface area contributed by atoms with Gasteiger partial charge in [0.25, 0.3) is 0 Å². The third kappa shape index (κ3) is 9.48. The maximum atomic E-state index is 11.9. The van der Waals surface area contributed by atoms with Crippen molar-refractivity contribution in [3.05, 3.63) is 0 Å². The molecule has 0 bridgehead atoms. The van der Waals surface area contributed by atoms with Gasteiger partial charge in [0.2, 0.25) is 5.91 Å². The van der Waals surface area contributed by atoms with Crippen LogP contribution in [0, 0.1) is 0 Å². The molecule has 1 fully saturated rings. The van der Waals surface area contributed by atoms with Gasteiger partial charge in [-0.2, -0.15) is 0 Å². The van der Waals surface area contributed by atoms with Crippen LogP contribution < -0.4 is 5.32 Å². The molecule has 0 aromatic rings. The summed E-state index contributed by atoms with van der Waals surface area (Å²) in [6.07, 6.45) is 14.2. The average molecular weight is 297 g/mol. The molecular formula is C17H31NO3. The van der Waals surface area contributed by atoms with Crippen LogP contribution in [0.2, 0.25) is 0 Å². The van der Waals surface area contributed by atoms with E-state index in [2.05, 4.69) is 10.1 Å². The molecule has 0 atom stereocenters. The predicted molar refractivity (Wildman–Crippen MR) is 84.0 cm³/mol. The van der Waals surface area contributed by atoms with Crippen LogP contribution in [0.5, 0.6) is 0 Å². The van der Waals surface area contributed by atoms with Crippen LogP contribution in [0.1, 0.15) is 83.5 Å². The number of hydrogen-bond donors (Lipinski definition) is 1. The van der Waals surface area contributed by atoms with Crippen LogP contribution in [0.3, 0.4) is 0 Å². The number of nitrogens with one attached hydrogen (secondary N) is 1. The fraction of sp³-hybridized carbons (Fsp3) is 0.882. The van der Waals surface area contributed by atoms with Gasteiger partial charge in [0.15, 0.2) is 0 Å². The third-order valence-corrected chi connectivity index (χ3v) is 4.25. The van der Waals surface area contributed by atoms with E-state index in [-0.39, 0.29) is 30.8 Å². The minimum Gasteiger partial charge on any atom is -0.469 e. The largest absolute Gasteiger partial charge is 0.469 e. The van der Waals surface area contributed by atoms with Gasteiger partial charge in [-0.25, -0.2) is 0 Å². The summed E-state index contributed by atoms with van der Waals surface area (Å²) in [5.41, 5.74) is 0. The van der Waals surface area contributed by atoms with Crippen LogP contribution in [0.15, 0.2) is 0 Å². The molecule has 4 heteroatoms. The van der Waals surface area contributed by atoms with Gasteiger partial charge in [0.05, 0.1) is 13.5 Å². The fourth-order valence-electron chi connectivity index (χ4n) is 2.93. The topological polar surface area (TPSA) is 55.4 Å². The number of hydrogen-bond acceptors (Lipinski definition) is 3. The first-order valence-electron chi connectivity index (χ1n) is 8.58. The molecule has 0 spiro atoms. The predicted octanol–water partition coefficient (Wildman–Crippen LogP) is 3.73. The number of methoxy groups -OCH3 is 1. The maximum Gasteiger partial charge on any atom is 0.306 e. The summed E-state index contributed by atoms with van der Waals surface area (Å²) in [5, 5.41) is 3.10. The molecular weight excluding hydrogens is 266 g/mol. The molecule has 0 aromatic carbocycles. The van der Waals surface area contributed by atoms with E-state index in [1.54, 1.807) is 0 Å². The van der Waals surface area contributed by atoms with E-state index in [0.717, 1.165) is 12.8 Å². The van der Waals surface area contributed by atoms with Crippen molar-refractivity contribution >= 4 is 11.9 Å². The summed E-state index contributed by atoms with van der Waals surface area (Å²) < 4.78 is 4.56. The van der Waals surface area contributed by atoms with Crippen LogP contribution in [-0.4, -0.2) is 25.0 Å². The van der Waals surface area contributed by atoms with E-state index in [1.807, 2.05) is 0 Å². The van der Waals surface area contributed by atoms with Gasteiger partial charge in [-0.15, -0.1) is 0 Å². The van der Waals surface area contributed by atoms with Crippen molar-refractivity contribution in [1.82, 2.24) is 5.32 Å². The van der Waals surface area contributed by atoms with E-state index in [4.69, 9.17) is 0 Å². The third-order valence-electron chi connectivity index (χ3n) is 4.25. The van der Waals surface area contributed by atoms with Gasteiger partial charge < -0.3 is 10.1 Å². The van der Waals surface area contributed by atoms with Gasteiger partial charge in [-0.05, 0) is 12.8 Å². The highest BCUT2D eigenvalue weighted by Crippen LogP contribution is 2.17. The fourth-order valence-corrected chi connectivity index (χ4v) is 2.93. The standard InChI is InChI=1S/C17H31NO3/c1-21-17(20)14-13-16(19)18-15-11-9-7-5-3-2-4-6-8-10-12-15/h15H,2-14H2,1H3,(H,18,19). The second-order valence-corrected chi connectivity index (χ2v) is 6.10. The minimum absolute atomic E-state index is 0.0162. The molecule has 1 aliphatic carbocycles. The summed E-state index contributed by atoms with van der Waals surface area (Å²) in [7, 11) is 1.35. The molecule has 0 saturated heterocycles. The Morgan fingerprint density at radius 2 is 1.33 bits per heavy atom. The molecule has 1 aliphatic rings. The first-order chi connectivity index (χ1) is 10.2. The summed E-state index contributed by atoms with van der Waals surface area (Å²) in [4.78, 5) is 22.9. The maximum absolute atomic E-state index is 11.9. The van der Waals surface area contributed by atoms with E-state index in [1.165, 1.54) is 64.9 Å². The summed E-state index contributed by atoms with van der Waals surface area (Å²) >= 11 is 0. The van der Waals surface area contributed by atoms with E-state index in [9.17, 15) is 9.59 Å². The van der Waals surface area contributed by atoms with Crippen molar-refractivity contribution in [3.8, 4) is 0 Å².